The van der Waals surface area contributed by atoms with E-state index in [-0.39, 0.29) is 5.92 Å². The molecule has 3 rings (SSSR count). The van der Waals surface area contributed by atoms with Crippen molar-refractivity contribution in [3.63, 3.8) is 0 Å². The number of hydrogen-bond donors (Lipinski definition) is 1. The van der Waals surface area contributed by atoms with Gasteiger partial charge in [0.05, 0.1) is 5.60 Å². The lowest BCUT2D eigenvalue weighted by molar-refractivity contribution is 0.0181. The second-order valence-corrected chi connectivity index (χ2v) is 5.89. The van der Waals surface area contributed by atoms with Gasteiger partial charge < -0.3 is 5.11 Å². The van der Waals surface area contributed by atoms with E-state index in [0.717, 1.165) is 5.56 Å². The highest BCUT2D eigenvalue weighted by Crippen LogP contribution is 2.45. The van der Waals surface area contributed by atoms with Crippen LogP contribution in [0.3, 0.4) is 0 Å². The highest BCUT2D eigenvalue weighted by atomic mass is 16.3. The summed E-state index contributed by atoms with van der Waals surface area (Å²) in [5.41, 5.74) is 4.05. The summed E-state index contributed by atoms with van der Waals surface area (Å²) in [6.07, 6.45) is 0. The number of rotatable bonds is 0. The average Bonchev–Trinajstić information content (AvgIpc) is 2.47. The van der Waals surface area contributed by atoms with Gasteiger partial charge in [-0.2, -0.15) is 0 Å². The zero-order chi connectivity index (χ0) is 13.8. The van der Waals surface area contributed by atoms with Crippen LogP contribution in [0.2, 0.25) is 0 Å². The Hall–Kier alpha value is -1.60. The largest absolute Gasteiger partial charge is 0.385 e. The SMILES string of the molecule is CC1=C(C)C(C)C(C)(O)c2cccc3cccc1c23. The molecule has 1 aliphatic rings. The summed E-state index contributed by atoms with van der Waals surface area (Å²) in [4.78, 5) is 0. The van der Waals surface area contributed by atoms with Gasteiger partial charge in [-0.25, -0.2) is 0 Å². The number of allylic oxidation sites excluding steroid dienone is 1. The van der Waals surface area contributed by atoms with Crippen LogP contribution in [-0.4, -0.2) is 5.11 Å². The van der Waals surface area contributed by atoms with Gasteiger partial charge in [0, 0.05) is 5.92 Å². The Labute approximate surface area is 114 Å². The highest BCUT2D eigenvalue weighted by Gasteiger charge is 2.36. The Morgan fingerprint density at radius 3 is 2.37 bits per heavy atom. The maximum atomic E-state index is 11.0. The first kappa shape index (κ1) is 12.4. The topological polar surface area (TPSA) is 20.2 Å². The Balaban J connectivity index is 2.54. The van der Waals surface area contributed by atoms with Gasteiger partial charge in [0.1, 0.15) is 0 Å². The molecule has 19 heavy (non-hydrogen) atoms. The fraction of sp³-hybridized carbons (Fsp3) is 0.333. The average molecular weight is 252 g/mol. The maximum Gasteiger partial charge on any atom is 0.0937 e. The van der Waals surface area contributed by atoms with Crippen LogP contribution in [0.15, 0.2) is 42.0 Å². The molecule has 0 aliphatic heterocycles. The van der Waals surface area contributed by atoms with Crippen LogP contribution in [0.1, 0.15) is 38.8 Å². The molecule has 0 radical (unpaired) electrons. The monoisotopic (exact) mass is 252 g/mol. The van der Waals surface area contributed by atoms with E-state index in [1.54, 1.807) is 0 Å². The molecule has 98 valence electrons. The van der Waals surface area contributed by atoms with Gasteiger partial charge in [0.2, 0.25) is 0 Å². The molecule has 0 amide bonds. The van der Waals surface area contributed by atoms with Crippen LogP contribution in [0.4, 0.5) is 0 Å². The first-order valence-corrected chi connectivity index (χ1v) is 6.87. The fourth-order valence-electron chi connectivity index (χ4n) is 3.27. The molecule has 2 aromatic rings. The van der Waals surface area contributed by atoms with Gasteiger partial charge in [-0.1, -0.05) is 48.9 Å². The molecule has 1 heteroatoms. The van der Waals surface area contributed by atoms with E-state index in [1.807, 2.05) is 13.0 Å². The third-order valence-corrected chi connectivity index (χ3v) is 4.94. The molecule has 2 unspecified atom stereocenters. The molecule has 0 spiro atoms. The summed E-state index contributed by atoms with van der Waals surface area (Å²) in [5.74, 6) is 0.116. The molecule has 1 aliphatic carbocycles. The van der Waals surface area contributed by atoms with Crippen molar-refractivity contribution in [1.29, 1.82) is 0 Å². The van der Waals surface area contributed by atoms with Crippen molar-refractivity contribution in [2.75, 3.05) is 0 Å². The zero-order valence-electron chi connectivity index (χ0n) is 12.0. The summed E-state index contributed by atoms with van der Waals surface area (Å²) < 4.78 is 0. The molecule has 0 bridgehead atoms. The standard InChI is InChI=1S/C18H20O/c1-11-12(2)15-9-5-7-14-8-6-10-16(17(14)15)18(4,19)13(11)3/h5-10,13,19H,1-4H3. The molecule has 0 fully saturated rings. The Bertz CT molecular complexity index is 687. The molecule has 0 saturated carbocycles. The first-order chi connectivity index (χ1) is 8.94. The van der Waals surface area contributed by atoms with Crippen molar-refractivity contribution in [1.82, 2.24) is 0 Å². The lowest BCUT2D eigenvalue weighted by Gasteiger charge is -2.31. The third kappa shape index (κ3) is 1.58. The third-order valence-electron chi connectivity index (χ3n) is 4.94. The second-order valence-electron chi connectivity index (χ2n) is 5.89. The van der Waals surface area contributed by atoms with Gasteiger partial charge in [0.25, 0.3) is 0 Å². The maximum absolute atomic E-state index is 11.0. The van der Waals surface area contributed by atoms with Crippen LogP contribution < -0.4 is 0 Å². The van der Waals surface area contributed by atoms with E-state index in [2.05, 4.69) is 51.1 Å². The normalized spacial score (nSPS) is 26.7. The van der Waals surface area contributed by atoms with Gasteiger partial charge >= 0.3 is 0 Å². The second kappa shape index (κ2) is 3.94. The molecule has 0 heterocycles. The quantitative estimate of drug-likeness (QED) is 0.732. The van der Waals surface area contributed by atoms with E-state index >= 15 is 0 Å². The predicted octanol–water partition coefficient (Wildman–Crippen LogP) is 4.49. The minimum atomic E-state index is -0.822. The van der Waals surface area contributed by atoms with Crippen molar-refractivity contribution < 1.29 is 5.11 Å². The Morgan fingerprint density at radius 1 is 1.05 bits per heavy atom. The predicted molar refractivity (Wildman–Crippen MR) is 81.0 cm³/mol. The van der Waals surface area contributed by atoms with Gasteiger partial charge in [-0.3, -0.25) is 0 Å². The van der Waals surface area contributed by atoms with Crippen LogP contribution in [0.25, 0.3) is 16.3 Å². The molecule has 2 atom stereocenters. The van der Waals surface area contributed by atoms with Crippen LogP contribution in [-0.2, 0) is 5.60 Å². The van der Waals surface area contributed by atoms with Crippen molar-refractivity contribution in [3.05, 3.63) is 53.1 Å². The summed E-state index contributed by atoms with van der Waals surface area (Å²) in [5, 5.41) is 13.4. The molecular formula is C18H20O. The van der Waals surface area contributed by atoms with E-state index < -0.39 is 5.60 Å². The van der Waals surface area contributed by atoms with E-state index in [0.29, 0.717) is 0 Å². The molecule has 1 N–H and O–H groups in total. The summed E-state index contributed by atoms with van der Waals surface area (Å²) in [6, 6.07) is 12.6. The first-order valence-electron chi connectivity index (χ1n) is 6.87. The molecular weight excluding hydrogens is 232 g/mol. The van der Waals surface area contributed by atoms with Crippen molar-refractivity contribution in [2.45, 2.75) is 33.3 Å². The minimum absolute atomic E-state index is 0.116. The van der Waals surface area contributed by atoms with E-state index in [9.17, 15) is 5.11 Å². The van der Waals surface area contributed by atoms with E-state index in [1.165, 1.54) is 27.5 Å². The van der Waals surface area contributed by atoms with Crippen LogP contribution in [0, 0.1) is 5.92 Å². The molecule has 1 nitrogen and oxygen atoms in total. The summed E-state index contributed by atoms with van der Waals surface area (Å²) in [6.45, 7) is 8.35. The van der Waals surface area contributed by atoms with Gasteiger partial charge in [-0.15, -0.1) is 0 Å². The molecule has 0 saturated heterocycles. The van der Waals surface area contributed by atoms with Crippen molar-refractivity contribution in [3.8, 4) is 0 Å². The minimum Gasteiger partial charge on any atom is -0.385 e. The van der Waals surface area contributed by atoms with Crippen molar-refractivity contribution in [2.24, 2.45) is 5.92 Å². The van der Waals surface area contributed by atoms with E-state index in [4.69, 9.17) is 0 Å². The number of benzene rings is 2. The molecule has 2 aromatic carbocycles. The smallest absolute Gasteiger partial charge is 0.0937 e. The zero-order valence-corrected chi connectivity index (χ0v) is 12.0. The summed E-state index contributed by atoms with van der Waals surface area (Å²) >= 11 is 0. The fourth-order valence-corrected chi connectivity index (χ4v) is 3.27. The van der Waals surface area contributed by atoms with Crippen molar-refractivity contribution >= 4 is 16.3 Å². The highest BCUT2D eigenvalue weighted by molar-refractivity contribution is 5.97. The van der Waals surface area contributed by atoms with Crippen LogP contribution >= 0.6 is 0 Å². The Kier molecular flexibility index (Phi) is 2.58. The lowest BCUT2D eigenvalue weighted by Crippen LogP contribution is -2.30. The van der Waals surface area contributed by atoms with Gasteiger partial charge in [-0.05, 0) is 48.2 Å². The van der Waals surface area contributed by atoms with Gasteiger partial charge in [0.15, 0.2) is 0 Å². The number of hydrogen-bond acceptors (Lipinski definition) is 1. The number of aliphatic hydroxyl groups is 1. The Morgan fingerprint density at radius 2 is 1.68 bits per heavy atom. The van der Waals surface area contributed by atoms with Crippen LogP contribution in [0.5, 0.6) is 0 Å². The summed E-state index contributed by atoms with van der Waals surface area (Å²) in [7, 11) is 0. The lowest BCUT2D eigenvalue weighted by atomic mass is 9.80. The molecule has 0 aromatic heterocycles.